The van der Waals surface area contributed by atoms with Crippen molar-refractivity contribution in [2.24, 2.45) is 5.92 Å². The number of carboxylic acid groups (broad SMARTS) is 1. The van der Waals surface area contributed by atoms with Gasteiger partial charge in [0.2, 0.25) is 0 Å². The van der Waals surface area contributed by atoms with Gasteiger partial charge in [-0.2, -0.15) is 0 Å². The molecule has 0 aliphatic heterocycles. The Morgan fingerprint density at radius 3 is 2.31 bits per heavy atom. The van der Waals surface area contributed by atoms with Crippen LogP contribution in [0.5, 0.6) is 0 Å². The van der Waals surface area contributed by atoms with Gasteiger partial charge in [0.05, 0.1) is 5.41 Å². The molecule has 0 amide bonds. The predicted octanol–water partition coefficient (Wildman–Crippen LogP) is 3.22. The van der Waals surface area contributed by atoms with E-state index in [1.54, 1.807) is 0 Å². The number of carboxylic acids is 1. The fourth-order valence-corrected chi connectivity index (χ4v) is 2.82. The SMILES string of the molecule is C[C@@](C(=O)O)(c1ccccc1)C1CCCC1. The highest BCUT2D eigenvalue weighted by molar-refractivity contribution is 5.81. The second kappa shape index (κ2) is 4.28. The Morgan fingerprint density at radius 2 is 1.81 bits per heavy atom. The maximum Gasteiger partial charge on any atom is 0.314 e. The van der Waals surface area contributed by atoms with E-state index >= 15 is 0 Å². The summed E-state index contributed by atoms with van der Waals surface area (Å²) in [6.07, 6.45) is 4.41. The van der Waals surface area contributed by atoms with Crippen LogP contribution in [0.2, 0.25) is 0 Å². The van der Waals surface area contributed by atoms with E-state index in [0.29, 0.717) is 0 Å². The Bertz CT molecular complexity index is 366. The summed E-state index contributed by atoms with van der Waals surface area (Å²) in [5.74, 6) is -0.405. The van der Waals surface area contributed by atoms with Gasteiger partial charge < -0.3 is 5.11 Å². The molecule has 16 heavy (non-hydrogen) atoms. The van der Waals surface area contributed by atoms with E-state index in [4.69, 9.17) is 0 Å². The molecule has 2 nitrogen and oxygen atoms in total. The van der Waals surface area contributed by atoms with Gasteiger partial charge in [-0.1, -0.05) is 43.2 Å². The summed E-state index contributed by atoms with van der Waals surface area (Å²) in [5.41, 5.74) is 0.229. The van der Waals surface area contributed by atoms with Crippen LogP contribution >= 0.6 is 0 Å². The second-order valence-electron chi connectivity index (χ2n) is 4.85. The molecular weight excluding hydrogens is 200 g/mol. The summed E-state index contributed by atoms with van der Waals surface area (Å²) in [6, 6.07) is 9.65. The minimum absolute atomic E-state index is 0.285. The molecule has 0 heterocycles. The second-order valence-corrected chi connectivity index (χ2v) is 4.85. The van der Waals surface area contributed by atoms with E-state index < -0.39 is 11.4 Å². The Balaban J connectivity index is 2.39. The lowest BCUT2D eigenvalue weighted by Gasteiger charge is -2.31. The first-order valence-electron chi connectivity index (χ1n) is 5.94. The molecular formula is C14H18O2. The number of benzene rings is 1. The molecule has 2 rings (SSSR count). The smallest absolute Gasteiger partial charge is 0.314 e. The summed E-state index contributed by atoms with van der Waals surface area (Å²) in [7, 11) is 0. The van der Waals surface area contributed by atoms with Gasteiger partial charge in [-0.25, -0.2) is 0 Å². The molecule has 86 valence electrons. The van der Waals surface area contributed by atoms with Crippen molar-refractivity contribution in [2.75, 3.05) is 0 Å². The zero-order valence-corrected chi connectivity index (χ0v) is 9.65. The largest absolute Gasteiger partial charge is 0.481 e. The standard InChI is InChI=1S/C14H18O2/c1-14(13(15)16,12-9-5-6-10-12)11-7-3-2-4-8-11/h2-4,7-8,12H,5-6,9-10H2,1H3,(H,15,16)/t14-/m1/s1. The van der Waals surface area contributed by atoms with Crippen LogP contribution in [0.1, 0.15) is 38.2 Å². The average molecular weight is 218 g/mol. The molecule has 0 spiro atoms. The number of aliphatic carboxylic acids is 1. The first kappa shape index (κ1) is 11.2. The van der Waals surface area contributed by atoms with E-state index in [9.17, 15) is 9.90 Å². The fraction of sp³-hybridized carbons (Fsp3) is 0.500. The molecule has 0 radical (unpaired) electrons. The fourth-order valence-electron chi connectivity index (χ4n) is 2.82. The van der Waals surface area contributed by atoms with Crippen LogP contribution in [0.3, 0.4) is 0 Å². The van der Waals surface area contributed by atoms with Gasteiger partial charge in [-0.3, -0.25) is 4.79 Å². The Hall–Kier alpha value is -1.31. The zero-order valence-electron chi connectivity index (χ0n) is 9.65. The molecule has 1 saturated carbocycles. The highest BCUT2D eigenvalue weighted by atomic mass is 16.4. The zero-order chi connectivity index (χ0) is 11.6. The van der Waals surface area contributed by atoms with Gasteiger partial charge in [0.1, 0.15) is 0 Å². The lowest BCUT2D eigenvalue weighted by Crippen LogP contribution is -2.39. The van der Waals surface area contributed by atoms with Gasteiger partial charge in [0, 0.05) is 0 Å². The van der Waals surface area contributed by atoms with Crippen molar-refractivity contribution in [3.63, 3.8) is 0 Å². The van der Waals surface area contributed by atoms with Crippen LogP contribution < -0.4 is 0 Å². The normalized spacial score (nSPS) is 20.6. The third-order valence-corrected chi connectivity index (χ3v) is 3.99. The van der Waals surface area contributed by atoms with E-state index in [1.807, 2.05) is 37.3 Å². The third-order valence-electron chi connectivity index (χ3n) is 3.99. The first-order chi connectivity index (χ1) is 7.65. The predicted molar refractivity (Wildman–Crippen MR) is 63.4 cm³/mol. The highest BCUT2D eigenvalue weighted by Gasteiger charge is 2.43. The van der Waals surface area contributed by atoms with Crippen LogP contribution in [0, 0.1) is 5.92 Å². The summed E-state index contributed by atoms with van der Waals surface area (Å²) in [4.78, 5) is 11.6. The number of carbonyl (C=O) groups is 1. The van der Waals surface area contributed by atoms with E-state index in [1.165, 1.54) is 12.8 Å². The lowest BCUT2D eigenvalue weighted by atomic mass is 9.71. The number of hydrogen-bond acceptors (Lipinski definition) is 1. The average Bonchev–Trinajstić information content (AvgIpc) is 2.82. The van der Waals surface area contributed by atoms with Gasteiger partial charge >= 0.3 is 5.97 Å². The molecule has 1 aromatic rings. The van der Waals surface area contributed by atoms with Gasteiger partial charge in [-0.05, 0) is 31.2 Å². The maximum absolute atomic E-state index is 11.6. The van der Waals surface area contributed by atoms with Gasteiger partial charge in [0.25, 0.3) is 0 Å². The molecule has 1 fully saturated rings. The van der Waals surface area contributed by atoms with E-state index in [0.717, 1.165) is 18.4 Å². The monoisotopic (exact) mass is 218 g/mol. The van der Waals surface area contributed by atoms with Crippen LogP contribution in [-0.2, 0) is 10.2 Å². The summed E-state index contributed by atoms with van der Waals surface area (Å²) in [5, 5.41) is 9.55. The van der Waals surface area contributed by atoms with Crippen LogP contribution in [0.25, 0.3) is 0 Å². The van der Waals surface area contributed by atoms with Crippen LogP contribution in [0.4, 0.5) is 0 Å². The Labute approximate surface area is 96.3 Å². The Morgan fingerprint density at radius 1 is 1.25 bits per heavy atom. The summed E-state index contributed by atoms with van der Waals surface area (Å²) in [6.45, 7) is 1.88. The molecule has 0 bridgehead atoms. The van der Waals surface area contributed by atoms with Crippen molar-refractivity contribution >= 4 is 5.97 Å². The minimum atomic E-state index is -0.711. The molecule has 2 heteroatoms. The van der Waals surface area contributed by atoms with Gasteiger partial charge in [-0.15, -0.1) is 0 Å². The van der Waals surface area contributed by atoms with Crippen molar-refractivity contribution in [1.82, 2.24) is 0 Å². The molecule has 0 aromatic heterocycles. The summed E-state index contributed by atoms with van der Waals surface area (Å²) < 4.78 is 0. The van der Waals surface area contributed by atoms with E-state index in [2.05, 4.69) is 0 Å². The molecule has 1 aromatic carbocycles. The summed E-state index contributed by atoms with van der Waals surface area (Å²) >= 11 is 0. The maximum atomic E-state index is 11.6. The van der Waals surface area contributed by atoms with Crippen molar-refractivity contribution in [3.05, 3.63) is 35.9 Å². The van der Waals surface area contributed by atoms with Crippen molar-refractivity contribution in [2.45, 2.75) is 38.0 Å². The number of hydrogen-bond donors (Lipinski definition) is 1. The van der Waals surface area contributed by atoms with Crippen molar-refractivity contribution < 1.29 is 9.90 Å². The molecule has 0 saturated heterocycles. The molecule has 0 unspecified atom stereocenters. The first-order valence-corrected chi connectivity index (χ1v) is 5.94. The quantitative estimate of drug-likeness (QED) is 0.845. The topological polar surface area (TPSA) is 37.3 Å². The van der Waals surface area contributed by atoms with E-state index in [-0.39, 0.29) is 5.92 Å². The Kier molecular flexibility index (Phi) is 2.99. The van der Waals surface area contributed by atoms with Gasteiger partial charge in [0.15, 0.2) is 0 Å². The molecule has 1 N–H and O–H groups in total. The van der Waals surface area contributed by atoms with Crippen LogP contribution in [-0.4, -0.2) is 11.1 Å². The number of rotatable bonds is 3. The molecule has 1 aliphatic carbocycles. The minimum Gasteiger partial charge on any atom is -0.481 e. The highest BCUT2D eigenvalue weighted by Crippen LogP contribution is 2.42. The lowest BCUT2D eigenvalue weighted by molar-refractivity contribution is -0.145. The molecule has 1 aliphatic rings. The van der Waals surface area contributed by atoms with Crippen molar-refractivity contribution in [1.29, 1.82) is 0 Å². The third kappa shape index (κ3) is 1.73. The molecule has 1 atom stereocenters. The van der Waals surface area contributed by atoms with Crippen molar-refractivity contribution in [3.8, 4) is 0 Å². The van der Waals surface area contributed by atoms with Crippen LogP contribution in [0.15, 0.2) is 30.3 Å².